The summed E-state index contributed by atoms with van der Waals surface area (Å²) >= 11 is 3.54. The van der Waals surface area contributed by atoms with E-state index in [0.29, 0.717) is 0 Å². The van der Waals surface area contributed by atoms with Gasteiger partial charge in [-0.1, -0.05) is 51.1 Å². The third-order valence-corrected chi connectivity index (χ3v) is 6.42. The Bertz CT molecular complexity index is 707. The predicted molar refractivity (Wildman–Crippen MR) is 108 cm³/mol. The van der Waals surface area contributed by atoms with Gasteiger partial charge in [0.1, 0.15) is 16.1 Å². The summed E-state index contributed by atoms with van der Waals surface area (Å²) < 4.78 is 0. The van der Waals surface area contributed by atoms with Gasteiger partial charge in [0.2, 0.25) is 0 Å². The van der Waals surface area contributed by atoms with Crippen molar-refractivity contribution < 1.29 is 0 Å². The molecule has 0 fully saturated rings. The molecule has 0 saturated heterocycles. The van der Waals surface area contributed by atoms with Gasteiger partial charge in [-0.15, -0.1) is 33.8 Å². The van der Waals surface area contributed by atoms with Crippen LogP contribution in [0.3, 0.4) is 0 Å². The fourth-order valence-electron chi connectivity index (χ4n) is 1.68. The Morgan fingerprint density at radius 2 is 1.05 bits per heavy atom. The van der Waals surface area contributed by atoms with Gasteiger partial charge in [0.05, 0.1) is 9.75 Å². The summed E-state index contributed by atoms with van der Waals surface area (Å²) in [5, 5.41) is 4.28. The Morgan fingerprint density at radius 3 is 1.36 bits per heavy atom. The van der Waals surface area contributed by atoms with Crippen molar-refractivity contribution in [3.05, 3.63) is 34.0 Å². The van der Waals surface area contributed by atoms with Crippen molar-refractivity contribution in [2.24, 2.45) is 0 Å². The van der Waals surface area contributed by atoms with E-state index in [4.69, 9.17) is 0 Å². The summed E-state index contributed by atoms with van der Waals surface area (Å²) in [6.45, 7) is 13.7. The molecule has 0 aromatic carbocycles. The molecule has 4 heteroatoms. The molecule has 0 atom stereocenters. The second-order valence-electron chi connectivity index (χ2n) is 7.33. The SMILES string of the molecule is C[Si](C)(C)C#Cc1ccsc1-c1sccc1C#C[Si](C)(C)C. The summed E-state index contributed by atoms with van der Waals surface area (Å²) in [6, 6.07) is 4.28. The van der Waals surface area contributed by atoms with Crippen LogP contribution < -0.4 is 0 Å². The summed E-state index contributed by atoms with van der Waals surface area (Å²) in [5.41, 5.74) is 9.26. The van der Waals surface area contributed by atoms with Gasteiger partial charge >= 0.3 is 0 Å². The molecule has 0 unspecified atom stereocenters. The van der Waals surface area contributed by atoms with Crippen LogP contribution in [-0.4, -0.2) is 16.1 Å². The van der Waals surface area contributed by atoms with Crippen molar-refractivity contribution in [3.63, 3.8) is 0 Å². The van der Waals surface area contributed by atoms with Crippen molar-refractivity contribution in [2.75, 3.05) is 0 Å². The van der Waals surface area contributed by atoms with Crippen LogP contribution in [0.5, 0.6) is 0 Å². The maximum absolute atomic E-state index is 3.47. The highest BCUT2D eigenvalue weighted by Crippen LogP contribution is 2.35. The van der Waals surface area contributed by atoms with Crippen LogP contribution in [0.15, 0.2) is 22.9 Å². The highest BCUT2D eigenvalue weighted by Gasteiger charge is 2.13. The predicted octanol–water partition coefficient (Wildman–Crippen LogP) is 5.93. The minimum absolute atomic E-state index is 1.16. The van der Waals surface area contributed by atoms with Crippen LogP contribution >= 0.6 is 22.7 Å². The van der Waals surface area contributed by atoms with E-state index in [2.05, 4.69) is 85.1 Å². The number of thiophene rings is 2. The number of hydrogen-bond donors (Lipinski definition) is 0. The van der Waals surface area contributed by atoms with Crippen molar-refractivity contribution in [2.45, 2.75) is 39.3 Å². The average Bonchev–Trinajstić information content (AvgIpc) is 3.00. The first-order chi connectivity index (χ1) is 10.2. The lowest BCUT2D eigenvalue weighted by molar-refractivity contribution is 1.76. The lowest BCUT2D eigenvalue weighted by Gasteiger charge is -2.04. The smallest absolute Gasteiger partial charge is 0.129 e. The molecule has 2 heterocycles. The molecule has 0 bridgehead atoms. The third-order valence-electron chi connectivity index (χ3n) is 2.68. The van der Waals surface area contributed by atoms with Gasteiger partial charge in [0, 0.05) is 11.1 Å². The number of hydrogen-bond acceptors (Lipinski definition) is 2. The van der Waals surface area contributed by atoms with Gasteiger partial charge in [0.15, 0.2) is 0 Å². The molecule has 0 aliphatic rings. The van der Waals surface area contributed by atoms with E-state index in [-0.39, 0.29) is 0 Å². The van der Waals surface area contributed by atoms with Crippen LogP contribution in [0, 0.1) is 22.9 Å². The highest BCUT2D eigenvalue weighted by molar-refractivity contribution is 7.20. The second-order valence-corrected chi connectivity index (χ2v) is 18.7. The Labute approximate surface area is 144 Å². The van der Waals surface area contributed by atoms with Crippen molar-refractivity contribution in [1.82, 2.24) is 0 Å². The molecule has 2 rings (SSSR count). The zero-order valence-electron chi connectivity index (χ0n) is 14.1. The van der Waals surface area contributed by atoms with Gasteiger partial charge in [-0.2, -0.15) is 0 Å². The van der Waals surface area contributed by atoms with Gasteiger partial charge in [0.25, 0.3) is 0 Å². The standard InChI is InChI=1S/C18H22S2Si2/c1-21(2,3)13-9-15-7-11-19-17(15)18-16(8-12-20-18)10-14-22(4,5)6/h7-8,11-12H,1-6H3. The summed E-state index contributed by atoms with van der Waals surface area (Å²) in [5.74, 6) is 6.82. The third kappa shape index (κ3) is 5.00. The highest BCUT2D eigenvalue weighted by atomic mass is 32.1. The topological polar surface area (TPSA) is 0 Å². The fourth-order valence-corrected chi connectivity index (χ4v) is 4.59. The molecule has 0 amide bonds. The van der Waals surface area contributed by atoms with Gasteiger partial charge in [-0.05, 0) is 22.9 Å². The van der Waals surface area contributed by atoms with Gasteiger partial charge < -0.3 is 0 Å². The normalized spacial score (nSPS) is 11.4. The molecule has 0 aliphatic carbocycles. The lowest BCUT2D eigenvalue weighted by Crippen LogP contribution is -2.16. The molecule has 0 aliphatic heterocycles. The molecule has 0 saturated carbocycles. The quantitative estimate of drug-likeness (QED) is 0.437. The van der Waals surface area contributed by atoms with E-state index >= 15 is 0 Å². The first-order valence-electron chi connectivity index (χ1n) is 7.37. The summed E-state index contributed by atoms with van der Waals surface area (Å²) in [7, 11) is -2.70. The Balaban J connectivity index is 2.43. The van der Waals surface area contributed by atoms with Crippen molar-refractivity contribution in [3.8, 4) is 32.7 Å². The van der Waals surface area contributed by atoms with E-state index < -0.39 is 16.1 Å². The Kier molecular flexibility index (Phi) is 5.19. The molecule has 22 heavy (non-hydrogen) atoms. The minimum atomic E-state index is -1.35. The van der Waals surface area contributed by atoms with Crippen LogP contribution in [-0.2, 0) is 0 Å². The molecule has 0 spiro atoms. The van der Waals surface area contributed by atoms with Crippen LogP contribution in [0.1, 0.15) is 11.1 Å². The Hall–Kier alpha value is -1.05. The van der Waals surface area contributed by atoms with Crippen LogP contribution in [0.2, 0.25) is 39.3 Å². The zero-order valence-corrected chi connectivity index (χ0v) is 17.8. The summed E-state index contributed by atoms with van der Waals surface area (Å²) in [6.07, 6.45) is 0. The molecular formula is C18H22S2Si2. The van der Waals surface area contributed by atoms with E-state index in [9.17, 15) is 0 Å². The molecule has 0 radical (unpaired) electrons. The van der Waals surface area contributed by atoms with Crippen LogP contribution in [0.4, 0.5) is 0 Å². The van der Waals surface area contributed by atoms with Crippen molar-refractivity contribution in [1.29, 1.82) is 0 Å². The zero-order chi connectivity index (χ0) is 16.4. The lowest BCUT2D eigenvalue weighted by atomic mass is 10.2. The van der Waals surface area contributed by atoms with E-state index in [1.54, 1.807) is 22.7 Å². The maximum atomic E-state index is 3.47. The number of rotatable bonds is 1. The molecular weight excluding hydrogens is 337 g/mol. The monoisotopic (exact) mass is 358 g/mol. The molecule has 2 aromatic rings. The second kappa shape index (κ2) is 6.60. The molecule has 2 aromatic heterocycles. The first-order valence-corrected chi connectivity index (χ1v) is 16.1. The first kappa shape index (κ1) is 17.3. The van der Waals surface area contributed by atoms with E-state index in [1.165, 1.54) is 9.75 Å². The van der Waals surface area contributed by atoms with E-state index in [1.807, 2.05) is 0 Å². The van der Waals surface area contributed by atoms with Gasteiger partial charge in [-0.3, -0.25) is 0 Å². The Morgan fingerprint density at radius 1 is 0.682 bits per heavy atom. The minimum Gasteiger partial charge on any atom is -0.142 e. The molecule has 0 nitrogen and oxygen atoms in total. The fraction of sp³-hybridized carbons (Fsp3) is 0.333. The van der Waals surface area contributed by atoms with Gasteiger partial charge in [-0.25, -0.2) is 0 Å². The van der Waals surface area contributed by atoms with Crippen LogP contribution in [0.25, 0.3) is 9.75 Å². The maximum Gasteiger partial charge on any atom is 0.129 e. The average molecular weight is 359 g/mol. The molecule has 114 valence electrons. The summed E-state index contributed by atoms with van der Waals surface area (Å²) in [4.78, 5) is 2.56. The largest absolute Gasteiger partial charge is 0.142 e. The van der Waals surface area contributed by atoms with E-state index in [0.717, 1.165) is 11.1 Å². The molecule has 0 N–H and O–H groups in total. The van der Waals surface area contributed by atoms with Crippen molar-refractivity contribution >= 4 is 38.8 Å².